The van der Waals surface area contributed by atoms with Crippen LogP contribution in [-0.2, 0) is 13.1 Å². The number of hydrogen-bond acceptors (Lipinski definition) is 5. The van der Waals surface area contributed by atoms with Crippen molar-refractivity contribution in [1.29, 1.82) is 0 Å². The molecule has 1 aromatic carbocycles. The summed E-state index contributed by atoms with van der Waals surface area (Å²) in [5, 5.41) is 5.72. The first kappa shape index (κ1) is 15.7. The number of nitrogens with zero attached hydrogens (tertiary/aromatic N) is 2. The first-order chi connectivity index (χ1) is 11.7. The van der Waals surface area contributed by atoms with Gasteiger partial charge in [-0.25, -0.2) is 14.4 Å². The van der Waals surface area contributed by atoms with Gasteiger partial charge in [0.25, 0.3) is 5.91 Å². The SMILES string of the molecule is O=C(NCc1ccco1)c1ccnc(NCc2ccc(F)cc2)n1. The molecule has 7 heteroatoms. The highest BCUT2D eigenvalue weighted by Gasteiger charge is 2.09. The van der Waals surface area contributed by atoms with E-state index in [1.165, 1.54) is 24.4 Å². The second-order valence-electron chi connectivity index (χ2n) is 5.01. The summed E-state index contributed by atoms with van der Waals surface area (Å²) < 4.78 is 18.0. The van der Waals surface area contributed by atoms with Crippen LogP contribution in [0.5, 0.6) is 0 Å². The summed E-state index contributed by atoms with van der Waals surface area (Å²) in [5.41, 5.74) is 1.13. The smallest absolute Gasteiger partial charge is 0.270 e. The van der Waals surface area contributed by atoms with E-state index < -0.39 is 0 Å². The van der Waals surface area contributed by atoms with Crippen molar-refractivity contribution in [2.24, 2.45) is 0 Å². The molecule has 0 fully saturated rings. The summed E-state index contributed by atoms with van der Waals surface area (Å²) in [4.78, 5) is 20.3. The van der Waals surface area contributed by atoms with E-state index in [2.05, 4.69) is 20.6 Å². The van der Waals surface area contributed by atoms with Gasteiger partial charge in [0.2, 0.25) is 5.95 Å². The number of furan rings is 1. The van der Waals surface area contributed by atoms with Crippen LogP contribution in [0.4, 0.5) is 10.3 Å². The minimum Gasteiger partial charge on any atom is -0.467 e. The van der Waals surface area contributed by atoms with Crippen LogP contribution >= 0.6 is 0 Å². The number of aromatic nitrogens is 2. The summed E-state index contributed by atoms with van der Waals surface area (Å²) in [6.07, 6.45) is 3.05. The molecule has 0 radical (unpaired) electrons. The number of rotatable bonds is 6. The Bertz CT molecular complexity index is 804. The van der Waals surface area contributed by atoms with E-state index >= 15 is 0 Å². The van der Waals surface area contributed by atoms with Crippen LogP contribution in [0.1, 0.15) is 21.8 Å². The monoisotopic (exact) mass is 326 g/mol. The second-order valence-corrected chi connectivity index (χ2v) is 5.01. The molecule has 2 aromatic heterocycles. The summed E-state index contributed by atoms with van der Waals surface area (Å²) in [7, 11) is 0. The molecule has 2 N–H and O–H groups in total. The number of carbonyl (C=O) groups is 1. The Balaban J connectivity index is 1.58. The Hall–Kier alpha value is -3.22. The topological polar surface area (TPSA) is 80.0 Å². The largest absolute Gasteiger partial charge is 0.467 e. The highest BCUT2D eigenvalue weighted by atomic mass is 19.1. The maximum absolute atomic E-state index is 12.9. The molecule has 3 rings (SSSR count). The molecule has 122 valence electrons. The van der Waals surface area contributed by atoms with E-state index in [9.17, 15) is 9.18 Å². The lowest BCUT2D eigenvalue weighted by molar-refractivity contribution is 0.0943. The zero-order valence-corrected chi connectivity index (χ0v) is 12.7. The maximum atomic E-state index is 12.9. The molecule has 0 aliphatic heterocycles. The number of benzene rings is 1. The summed E-state index contributed by atoms with van der Waals surface area (Å²) in [5.74, 6) is 0.376. The predicted octanol–water partition coefficient (Wildman–Crippen LogP) is 2.75. The lowest BCUT2D eigenvalue weighted by Crippen LogP contribution is -2.24. The fraction of sp³-hybridized carbons (Fsp3) is 0.118. The van der Waals surface area contributed by atoms with E-state index in [1.54, 1.807) is 30.5 Å². The van der Waals surface area contributed by atoms with Crippen molar-refractivity contribution in [1.82, 2.24) is 15.3 Å². The van der Waals surface area contributed by atoms with E-state index in [0.29, 0.717) is 18.3 Å². The zero-order chi connectivity index (χ0) is 16.8. The van der Waals surface area contributed by atoms with Crippen LogP contribution < -0.4 is 10.6 Å². The molecule has 3 aromatic rings. The molecule has 6 nitrogen and oxygen atoms in total. The number of carbonyl (C=O) groups excluding carboxylic acids is 1. The van der Waals surface area contributed by atoms with Gasteiger partial charge in [-0.15, -0.1) is 0 Å². The zero-order valence-electron chi connectivity index (χ0n) is 12.7. The first-order valence-electron chi connectivity index (χ1n) is 7.32. The predicted molar refractivity (Wildman–Crippen MR) is 85.6 cm³/mol. The van der Waals surface area contributed by atoms with Crippen LogP contribution in [0.25, 0.3) is 0 Å². The number of amides is 1. The van der Waals surface area contributed by atoms with E-state index in [4.69, 9.17) is 4.42 Å². The van der Waals surface area contributed by atoms with Crippen LogP contribution in [0.15, 0.2) is 59.3 Å². The lowest BCUT2D eigenvalue weighted by atomic mass is 10.2. The van der Waals surface area contributed by atoms with Gasteiger partial charge in [0, 0.05) is 12.7 Å². The number of anilines is 1. The van der Waals surface area contributed by atoms with Gasteiger partial charge in [0.1, 0.15) is 17.3 Å². The van der Waals surface area contributed by atoms with E-state index in [1.807, 2.05) is 0 Å². The highest BCUT2D eigenvalue weighted by molar-refractivity contribution is 5.92. The van der Waals surface area contributed by atoms with Crippen LogP contribution in [0, 0.1) is 5.82 Å². The molecule has 0 bridgehead atoms. The first-order valence-corrected chi connectivity index (χ1v) is 7.32. The van der Waals surface area contributed by atoms with Gasteiger partial charge in [-0.3, -0.25) is 4.79 Å². The quantitative estimate of drug-likeness (QED) is 0.728. The van der Waals surface area contributed by atoms with Crippen molar-refractivity contribution < 1.29 is 13.6 Å². The Kier molecular flexibility index (Phi) is 4.81. The molecule has 0 unspecified atom stereocenters. The van der Waals surface area contributed by atoms with Crippen molar-refractivity contribution in [3.05, 3.63) is 77.8 Å². The fourth-order valence-electron chi connectivity index (χ4n) is 2.02. The molecule has 24 heavy (non-hydrogen) atoms. The normalized spacial score (nSPS) is 10.4. The number of hydrogen-bond donors (Lipinski definition) is 2. The fourth-order valence-corrected chi connectivity index (χ4v) is 2.02. The summed E-state index contributed by atoms with van der Waals surface area (Å²) in [6.45, 7) is 0.714. The maximum Gasteiger partial charge on any atom is 0.270 e. The summed E-state index contributed by atoms with van der Waals surface area (Å²) >= 11 is 0. The Labute approximate surface area is 137 Å². The highest BCUT2D eigenvalue weighted by Crippen LogP contribution is 2.07. The molecular formula is C17H15FN4O2. The van der Waals surface area contributed by atoms with Gasteiger partial charge in [-0.05, 0) is 35.9 Å². The molecule has 1 amide bonds. The van der Waals surface area contributed by atoms with Crippen molar-refractivity contribution in [2.45, 2.75) is 13.1 Å². The molecule has 0 atom stereocenters. The van der Waals surface area contributed by atoms with Crippen molar-refractivity contribution in [3.8, 4) is 0 Å². The van der Waals surface area contributed by atoms with Crippen LogP contribution in [0.2, 0.25) is 0 Å². The van der Waals surface area contributed by atoms with E-state index in [-0.39, 0.29) is 24.0 Å². The van der Waals surface area contributed by atoms with Crippen molar-refractivity contribution >= 4 is 11.9 Å². The lowest BCUT2D eigenvalue weighted by Gasteiger charge is -2.07. The Morgan fingerprint density at radius 1 is 1.12 bits per heavy atom. The van der Waals surface area contributed by atoms with Gasteiger partial charge in [-0.1, -0.05) is 12.1 Å². The number of nitrogens with one attached hydrogen (secondary N) is 2. The van der Waals surface area contributed by atoms with Gasteiger partial charge >= 0.3 is 0 Å². The molecule has 2 heterocycles. The molecular weight excluding hydrogens is 311 g/mol. The molecule has 0 saturated carbocycles. The van der Waals surface area contributed by atoms with Gasteiger partial charge in [0.05, 0.1) is 12.8 Å². The van der Waals surface area contributed by atoms with Gasteiger partial charge < -0.3 is 15.1 Å². The second kappa shape index (κ2) is 7.36. The van der Waals surface area contributed by atoms with Gasteiger partial charge in [-0.2, -0.15) is 0 Å². The van der Waals surface area contributed by atoms with Crippen molar-refractivity contribution in [2.75, 3.05) is 5.32 Å². The molecule has 0 saturated heterocycles. The minimum atomic E-state index is -0.321. The third-order valence-corrected chi connectivity index (χ3v) is 3.26. The van der Waals surface area contributed by atoms with Crippen LogP contribution in [0.3, 0.4) is 0 Å². The number of halogens is 1. The average Bonchev–Trinajstić information content (AvgIpc) is 3.13. The van der Waals surface area contributed by atoms with Crippen LogP contribution in [-0.4, -0.2) is 15.9 Å². The van der Waals surface area contributed by atoms with Crippen molar-refractivity contribution in [3.63, 3.8) is 0 Å². The molecule has 0 spiro atoms. The average molecular weight is 326 g/mol. The van der Waals surface area contributed by atoms with Gasteiger partial charge in [0.15, 0.2) is 0 Å². The molecule has 0 aliphatic carbocycles. The summed E-state index contributed by atoms with van der Waals surface area (Å²) in [6, 6.07) is 11.2. The third kappa shape index (κ3) is 4.16. The Morgan fingerprint density at radius 2 is 1.96 bits per heavy atom. The Morgan fingerprint density at radius 3 is 2.71 bits per heavy atom. The minimum absolute atomic E-state index is 0.248. The third-order valence-electron chi connectivity index (χ3n) is 3.26. The standard InChI is InChI=1S/C17H15FN4O2/c18-13-5-3-12(4-6-13)10-21-17-19-8-7-15(22-17)16(23)20-11-14-2-1-9-24-14/h1-9H,10-11H2,(H,20,23)(H,19,21,22). The molecule has 0 aliphatic rings. The van der Waals surface area contributed by atoms with E-state index in [0.717, 1.165) is 5.56 Å².